The summed E-state index contributed by atoms with van der Waals surface area (Å²) in [6.45, 7) is 5.28. The van der Waals surface area contributed by atoms with Crippen molar-refractivity contribution < 1.29 is 27.0 Å². The molecule has 1 N–H and O–H groups in total. The second kappa shape index (κ2) is 12.4. The largest absolute Gasteiger partial charge is 0.473 e. The highest BCUT2D eigenvalue weighted by atomic mass is 28.1. The molecule has 2 saturated heterocycles. The summed E-state index contributed by atoms with van der Waals surface area (Å²) >= 11 is 0. The van der Waals surface area contributed by atoms with E-state index in [4.69, 9.17) is 19.4 Å². The standard InChI is InChI=1S/C32H31F4N8O2Si/c1-19-5-6-21(22(33)13-19)17-45-28-4-2-3-23(39-28)20-7-10-43(11-8-20)16-27-38-24-14-25(29-40-30(42-41-29)32(34,35)36)37-15-26(24)44(27)18-31(47)9-12-46-31/h2-6,13-15,20H,7-12,16-18H2,1H3,(H,40,41,42)/t31-/m1/s1. The number of likely N-dealkylation sites (tertiary alicyclic amines) is 1. The third-order valence-electron chi connectivity index (χ3n) is 8.69. The number of nitrogens with one attached hydrogen (secondary N) is 1. The van der Waals surface area contributed by atoms with Crippen molar-refractivity contribution in [3.05, 3.63) is 82.9 Å². The Morgan fingerprint density at radius 2 is 1.91 bits per heavy atom. The van der Waals surface area contributed by atoms with Crippen molar-refractivity contribution in [2.24, 2.45) is 0 Å². The molecular weight excluding hydrogens is 632 g/mol. The van der Waals surface area contributed by atoms with Gasteiger partial charge in [0.1, 0.15) is 23.9 Å². The zero-order valence-electron chi connectivity index (χ0n) is 25.5. The Balaban J connectivity index is 1.05. The van der Waals surface area contributed by atoms with Gasteiger partial charge < -0.3 is 14.0 Å². The number of hydrogen-bond donors (Lipinski definition) is 1. The van der Waals surface area contributed by atoms with Gasteiger partial charge in [-0.15, -0.1) is 0 Å². The monoisotopic (exact) mass is 663 g/mol. The van der Waals surface area contributed by atoms with Gasteiger partial charge in [0.05, 0.1) is 39.2 Å². The third kappa shape index (κ3) is 6.78. The van der Waals surface area contributed by atoms with Crippen LogP contribution in [0.15, 0.2) is 48.7 Å². The number of imidazole rings is 1. The normalized spacial score (nSPS) is 19.3. The number of fused-ring (bicyclic) bond motifs is 1. The predicted octanol–water partition coefficient (Wildman–Crippen LogP) is 5.32. The minimum atomic E-state index is -4.64. The maximum absolute atomic E-state index is 14.3. The molecule has 0 saturated carbocycles. The second-order valence-corrected chi connectivity index (χ2v) is 13.0. The van der Waals surface area contributed by atoms with Crippen molar-refractivity contribution in [3.8, 4) is 17.4 Å². The second-order valence-electron chi connectivity index (χ2n) is 12.1. The van der Waals surface area contributed by atoms with Crippen molar-refractivity contribution >= 4 is 21.3 Å². The average molecular weight is 664 g/mol. The van der Waals surface area contributed by atoms with Crippen LogP contribution in [-0.4, -0.2) is 74.8 Å². The first kappa shape index (κ1) is 31.4. The SMILES string of the molecule is Cc1ccc(COc2cccc(C3CCN(Cc4nc5cc(-c6n[nH]c(C(F)(F)F)n6)ncc5n4C[C@]4([Si])CCO4)CC3)n2)c(F)c1. The van der Waals surface area contributed by atoms with Gasteiger partial charge >= 0.3 is 6.18 Å². The molecule has 10 nitrogen and oxygen atoms in total. The highest BCUT2D eigenvalue weighted by Crippen LogP contribution is 2.32. The summed E-state index contributed by atoms with van der Waals surface area (Å²) < 4.78 is 67.2. The summed E-state index contributed by atoms with van der Waals surface area (Å²) in [6, 6.07) is 12.4. The number of rotatable bonds is 9. The predicted molar refractivity (Wildman–Crippen MR) is 164 cm³/mol. The molecule has 2 aliphatic rings. The molecule has 243 valence electrons. The average Bonchev–Trinajstić information content (AvgIpc) is 3.66. The number of aromatic amines is 1. The molecule has 15 heteroatoms. The first-order valence-corrected chi connectivity index (χ1v) is 15.8. The van der Waals surface area contributed by atoms with E-state index < -0.39 is 17.2 Å². The molecule has 4 aromatic heterocycles. The molecule has 0 amide bonds. The van der Waals surface area contributed by atoms with Gasteiger partial charge in [-0.1, -0.05) is 18.2 Å². The highest BCUT2D eigenvalue weighted by molar-refractivity contribution is 6.15. The molecule has 6 heterocycles. The van der Waals surface area contributed by atoms with Gasteiger partial charge in [-0.25, -0.2) is 19.3 Å². The fourth-order valence-electron chi connectivity index (χ4n) is 5.97. The molecule has 1 aromatic carbocycles. The smallest absolute Gasteiger partial charge is 0.451 e. The first-order valence-electron chi connectivity index (χ1n) is 15.3. The number of nitrogens with zero attached hydrogens (tertiary/aromatic N) is 7. The van der Waals surface area contributed by atoms with E-state index in [-0.39, 0.29) is 29.9 Å². The molecule has 0 unspecified atom stereocenters. The fourth-order valence-corrected chi connectivity index (χ4v) is 6.33. The molecule has 7 rings (SSSR count). The van der Waals surface area contributed by atoms with Gasteiger partial charge in [0.15, 0.2) is 5.82 Å². The lowest BCUT2D eigenvalue weighted by molar-refractivity contribution is -0.144. The minimum Gasteiger partial charge on any atom is -0.473 e. The lowest BCUT2D eigenvalue weighted by Gasteiger charge is -2.39. The van der Waals surface area contributed by atoms with Crippen molar-refractivity contribution in [3.63, 3.8) is 0 Å². The lowest BCUT2D eigenvalue weighted by Crippen LogP contribution is -2.48. The van der Waals surface area contributed by atoms with Gasteiger partial charge in [0.25, 0.3) is 0 Å². The molecule has 0 aliphatic carbocycles. The Labute approximate surface area is 271 Å². The summed E-state index contributed by atoms with van der Waals surface area (Å²) in [7, 11) is 3.77. The Bertz CT molecular complexity index is 1900. The Kier molecular flexibility index (Phi) is 8.30. The van der Waals surface area contributed by atoms with Crippen molar-refractivity contribution in [2.75, 3.05) is 19.7 Å². The third-order valence-corrected chi connectivity index (χ3v) is 9.25. The number of alkyl halides is 3. The number of halogens is 4. The van der Waals surface area contributed by atoms with E-state index >= 15 is 0 Å². The van der Waals surface area contributed by atoms with E-state index in [0.29, 0.717) is 36.7 Å². The van der Waals surface area contributed by atoms with E-state index in [1.165, 1.54) is 6.07 Å². The van der Waals surface area contributed by atoms with Crippen LogP contribution in [0.2, 0.25) is 0 Å². The maximum Gasteiger partial charge on any atom is 0.451 e. The maximum atomic E-state index is 14.3. The summed E-state index contributed by atoms with van der Waals surface area (Å²) in [5.41, 5.74) is 3.80. The number of pyridine rings is 2. The highest BCUT2D eigenvalue weighted by Gasteiger charge is 2.37. The summed E-state index contributed by atoms with van der Waals surface area (Å²) in [6.07, 6.45) is -0.454. The van der Waals surface area contributed by atoms with Gasteiger partial charge in [0, 0.05) is 36.4 Å². The molecule has 5 aromatic rings. The molecule has 0 bridgehead atoms. The minimum absolute atomic E-state index is 0.104. The summed E-state index contributed by atoms with van der Waals surface area (Å²) in [5, 5.41) is 5.13. The van der Waals surface area contributed by atoms with Gasteiger partial charge in [-0.3, -0.25) is 15.0 Å². The lowest BCUT2D eigenvalue weighted by atomic mass is 9.93. The van der Waals surface area contributed by atoms with Gasteiger partial charge in [-0.2, -0.15) is 18.3 Å². The molecular formula is C32H31F4N8O2Si. The van der Waals surface area contributed by atoms with Gasteiger partial charge in [0.2, 0.25) is 11.7 Å². The zero-order chi connectivity index (χ0) is 32.8. The van der Waals surface area contributed by atoms with Crippen LogP contribution in [0.1, 0.15) is 53.7 Å². The summed E-state index contributed by atoms with van der Waals surface area (Å²) in [4.78, 5) is 19.9. The Morgan fingerprint density at radius 1 is 1.11 bits per heavy atom. The summed E-state index contributed by atoms with van der Waals surface area (Å²) in [5.74, 6) is -0.116. The number of piperidine rings is 1. The van der Waals surface area contributed by atoms with Gasteiger partial charge in [-0.05, 0) is 63.0 Å². The van der Waals surface area contributed by atoms with Crippen LogP contribution in [0.3, 0.4) is 0 Å². The zero-order valence-corrected chi connectivity index (χ0v) is 26.5. The molecule has 3 radical (unpaired) electrons. The van der Waals surface area contributed by atoms with Crippen LogP contribution in [-0.2, 0) is 30.6 Å². The number of aryl methyl sites for hydroxylation is 1. The topological polar surface area (TPSA) is 107 Å². The van der Waals surface area contributed by atoms with Crippen molar-refractivity contribution in [1.29, 1.82) is 0 Å². The van der Waals surface area contributed by atoms with Crippen molar-refractivity contribution in [2.45, 2.75) is 63.2 Å². The molecule has 2 aliphatic heterocycles. The van der Waals surface area contributed by atoms with E-state index in [9.17, 15) is 17.6 Å². The number of benzene rings is 1. The molecule has 47 heavy (non-hydrogen) atoms. The Morgan fingerprint density at radius 3 is 2.62 bits per heavy atom. The number of H-pyrrole nitrogens is 1. The van der Waals surface area contributed by atoms with E-state index in [0.717, 1.165) is 55.0 Å². The first-order chi connectivity index (χ1) is 22.5. The number of aromatic nitrogens is 7. The Hall–Kier alpha value is -4.21. The van der Waals surface area contributed by atoms with Crippen LogP contribution in [0.4, 0.5) is 17.6 Å². The van der Waals surface area contributed by atoms with Crippen LogP contribution < -0.4 is 4.74 Å². The van der Waals surface area contributed by atoms with Crippen LogP contribution >= 0.6 is 0 Å². The molecule has 2 fully saturated rings. The molecule has 1 atom stereocenters. The van der Waals surface area contributed by atoms with E-state index in [1.807, 2.05) is 30.2 Å². The van der Waals surface area contributed by atoms with E-state index in [2.05, 4.69) is 34.8 Å². The van der Waals surface area contributed by atoms with Crippen molar-refractivity contribution in [1.82, 2.24) is 39.6 Å². The van der Waals surface area contributed by atoms with Crippen LogP contribution in [0.5, 0.6) is 5.88 Å². The van der Waals surface area contributed by atoms with E-state index in [1.54, 1.807) is 24.4 Å². The number of hydrogen-bond acceptors (Lipinski definition) is 8. The number of ether oxygens (including phenoxy) is 2. The molecule has 0 spiro atoms. The van der Waals surface area contributed by atoms with Crippen LogP contribution in [0, 0.1) is 12.7 Å². The fraction of sp³-hybridized carbons (Fsp3) is 0.406. The quantitative estimate of drug-likeness (QED) is 0.167. The van der Waals surface area contributed by atoms with Crippen LogP contribution in [0.25, 0.3) is 22.6 Å².